The summed E-state index contributed by atoms with van der Waals surface area (Å²) in [6.45, 7) is 4.28. The molecule has 0 radical (unpaired) electrons. The molecule has 0 aliphatic rings. The van der Waals surface area contributed by atoms with Crippen molar-refractivity contribution in [1.82, 2.24) is 0 Å². The summed E-state index contributed by atoms with van der Waals surface area (Å²) >= 11 is 5.50. The van der Waals surface area contributed by atoms with Crippen LogP contribution in [0.4, 0.5) is 0 Å². The zero-order valence-electron chi connectivity index (χ0n) is 10.9. The van der Waals surface area contributed by atoms with E-state index in [0.717, 1.165) is 19.3 Å². The minimum Gasteiger partial charge on any atom is -0.281 e. The van der Waals surface area contributed by atoms with Crippen LogP contribution in [0.2, 0.25) is 0 Å². The van der Waals surface area contributed by atoms with Crippen molar-refractivity contribution < 1.29 is 4.79 Å². The van der Waals surface area contributed by atoms with Crippen LogP contribution in [0.3, 0.4) is 0 Å². The maximum Gasteiger partial charge on any atom is 0.224 e. The fourth-order valence-corrected chi connectivity index (χ4v) is 2.27. The van der Waals surface area contributed by atoms with E-state index in [9.17, 15) is 4.79 Å². The monoisotopic (exact) mass is 246 g/mol. The summed E-state index contributed by atoms with van der Waals surface area (Å²) in [6, 6.07) is 0. The Morgan fingerprint density at radius 3 is 1.88 bits per heavy atom. The zero-order valence-corrected chi connectivity index (χ0v) is 11.7. The van der Waals surface area contributed by atoms with Crippen LogP contribution >= 0.6 is 11.6 Å². The second-order valence-corrected chi connectivity index (χ2v) is 5.05. The number of halogens is 1. The zero-order chi connectivity index (χ0) is 12.2. The number of carbonyl (C=O) groups excluding carboxylic acids is 1. The molecule has 0 unspecified atom stereocenters. The summed E-state index contributed by atoms with van der Waals surface area (Å²) in [5, 5.41) is -0.148. The standard InChI is InChI=1S/C14H27ClO/c1-3-5-6-7-8-9-10-11-12-13(4-2)14(15)16/h13H,3-12H2,1-2H3/t13-/m1/s1. The van der Waals surface area contributed by atoms with Gasteiger partial charge in [0.1, 0.15) is 0 Å². The van der Waals surface area contributed by atoms with Gasteiger partial charge >= 0.3 is 0 Å². The molecule has 0 saturated heterocycles. The summed E-state index contributed by atoms with van der Waals surface area (Å²) in [5.41, 5.74) is 0. The van der Waals surface area contributed by atoms with Gasteiger partial charge in [0, 0.05) is 5.92 Å². The molecule has 0 aromatic carbocycles. The molecule has 0 aliphatic heterocycles. The Morgan fingerprint density at radius 2 is 1.44 bits per heavy atom. The van der Waals surface area contributed by atoms with E-state index in [1.54, 1.807) is 0 Å². The molecule has 0 aromatic heterocycles. The topological polar surface area (TPSA) is 17.1 Å². The van der Waals surface area contributed by atoms with Crippen LogP contribution in [-0.4, -0.2) is 5.24 Å². The van der Waals surface area contributed by atoms with E-state index in [4.69, 9.17) is 11.6 Å². The van der Waals surface area contributed by atoms with Crippen LogP contribution in [0.15, 0.2) is 0 Å². The minimum absolute atomic E-state index is 0.0989. The fraction of sp³-hybridized carbons (Fsp3) is 0.929. The first-order valence-electron chi connectivity index (χ1n) is 6.91. The van der Waals surface area contributed by atoms with E-state index in [-0.39, 0.29) is 11.2 Å². The first-order chi connectivity index (χ1) is 7.72. The molecule has 16 heavy (non-hydrogen) atoms. The van der Waals surface area contributed by atoms with E-state index >= 15 is 0 Å². The van der Waals surface area contributed by atoms with Crippen molar-refractivity contribution >= 4 is 16.8 Å². The molecule has 0 aromatic rings. The van der Waals surface area contributed by atoms with Gasteiger partial charge < -0.3 is 0 Å². The molecule has 0 aliphatic carbocycles. The maximum atomic E-state index is 11.0. The fourth-order valence-electron chi connectivity index (χ4n) is 2.00. The first kappa shape index (κ1) is 16.0. The second kappa shape index (κ2) is 11.4. The highest BCUT2D eigenvalue weighted by Gasteiger charge is 2.12. The number of unbranched alkanes of at least 4 members (excludes halogenated alkanes) is 7. The molecule has 0 bridgehead atoms. The van der Waals surface area contributed by atoms with Gasteiger partial charge in [-0.1, -0.05) is 65.2 Å². The lowest BCUT2D eigenvalue weighted by molar-refractivity contribution is -0.115. The SMILES string of the molecule is CCCCCCCCCC[C@@H](CC)C(=O)Cl. The van der Waals surface area contributed by atoms with Gasteiger partial charge in [-0.2, -0.15) is 0 Å². The van der Waals surface area contributed by atoms with Gasteiger partial charge in [0.05, 0.1) is 0 Å². The molecule has 1 atom stereocenters. The molecule has 0 N–H and O–H groups in total. The summed E-state index contributed by atoms with van der Waals surface area (Å²) in [7, 11) is 0. The third kappa shape index (κ3) is 9.21. The van der Waals surface area contributed by atoms with Crippen molar-refractivity contribution in [2.75, 3.05) is 0 Å². The van der Waals surface area contributed by atoms with Gasteiger partial charge in [0.25, 0.3) is 0 Å². The van der Waals surface area contributed by atoms with Crippen LogP contribution < -0.4 is 0 Å². The number of carbonyl (C=O) groups is 1. The van der Waals surface area contributed by atoms with Gasteiger partial charge in [-0.05, 0) is 24.4 Å². The summed E-state index contributed by atoms with van der Waals surface area (Å²) in [6.07, 6.45) is 12.4. The third-order valence-corrected chi connectivity index (χ3v) is 3.53. The van der Waals surface area contributed by atoms with E-state index in [0.29, 0.717) is 0 Å². The van der Waals surface area contributed by atoms with Crippen LogP contribution in [0.5, 0.6) is 0 Å². The highest BCUT2D eigenvalue weighted by atomic mass is 35.5. The Kier molecular flexibility index (Phi) is 11.4. The van der Waals surface area contributed by atoms with E-state index in [2.05, 4.69) is 6.92 Å². The normalized spacial score (nSPS) is 12.7. The molecule has 0 saturated carbocycles. The summed E-state index contributed by atoms with van der Waals surface area (Å²) in [5.74, 6) is 0.0989. The number of rotatable bonds is 11. The Bertz CT molecular complexity index is 168. The molecule has 0 fully saturated rings. The van der Waals surface area contributed by atoms with Gasteiger partial charge in [-0.25, -0.2) is 0 Å². The second-order valence-electron chi connectivity index (χ2n) is 4.67. The highest BCUT2D eigenvalue weighted by Crippen LogP contribution is 2.17. The van der Waals surface area contributed by atoms with Crippen molar-refractivity contribution in [1.29, 1.82) is 0 Å². The van der Waals surface area contributed by atoms with Gasteiger partial charge in [-0.3, -0.25) is 4.79 Å². The van der Waals surface area contributed by atoms with E-state index in [1.807, 2.05) is 6.92 Å². The summed E-state index contributed by atoms with van der Waals surface area (Å²) in [4.78, 5) is 11.0. The average Bonchev–Trinajstić information content (AvgIpc) is 2.26. The lowest BCUT2D eigenvalue weighted by Crippen LogP contribution is -2.06. The lowest BCUT2D eigenvalue weighted by Gasteiger charge is -2.08. The molecule has 0 spiro atoms. The van der Waals surface area contributed by atoms with Crippen LogP contribution in [-0.2, 0) is 4.79 Å². The van der Waals surface area contributed by atoms with E-state index in [1.165, 1.54) is 44.9 Å². The van der Waals surface area contributed by atoms with Crippen molar-refractivity contribution in [3.63, 3.8) is 0 Å². The van der Waals surface area contributed by atoms with Crippen molar-refractivity contribution in [2.45, 2.75) is 78.1 Å². The molecule has 0 heterocycles. The Hall–Kier alpha value is -0.0400. The largest absolute Gasteiger partial charge is 0.281 e. The first-order valence-corrected chi connectivity index (χ1v) is 7.29. The van der Waals surface area contributed by atoms with Crippen molar-refractivity contribution in [2.24, 2.45) is 5.92 Å². The highest BCUT2D eigenvalue weighted by molar-refractivity contribution is 6.63. The predicted octanol–water partition coefficient (Wildman–Crippen LogP) is 5.31. The quantitative estimate of drug-likeness (QED) is 0.357. The van der Waals surface area contributed by atoms with Gasteiger partial charge in [0.15, 0.2) is 0 Å². The van der Waals surface area contributed by atoms with Gasteiger partial charge in [-0.15, -0.1) is 0 Å². The minimum atomic E-state index is -0.148. The maximum absolute atomic E-state index is 11.0. The lowest BCUT2D eigenvalue weighted by atomic mass is 9.99. The number of hydrogen-bond acceptors (Lipinski definition) is 1. The molecular formula is C14H27ClO. The smallest absolute Gasteiger partial charge is 0.224 e. The average molecular weight is 247 g/mol. The van der Waals surface area contributed by atoms with Crippen LogP contribution in [0.1, 0.15) is 78.1 Å². The molecule has 96 valence electrons. The Morgan fingerprint density at radius 1 is 0.938 bits per heavy atom. The molecule has 2 heteroatoms. The van der Waals surface area contributed by atoms with Crippen molar-refractivity contribution in [3.8, 4) is 0 Å². The third-order valence-electron chi connectivity index (χ3n) is 3.22. The molecule has 0 amide bonds. The summed E-state index contributed by atoms with van der Waals surface area (Å²) < 4.78 is 0. The molecule has 0 rings (SSSR count). The van der Waals surface area contributed by atoms with Crippen LogP contribution in [0, 0.1) is 5.92 Å². The van der Waals surface area contributed by atoms with Crippen LogP contribution in [0.25, 0.3) is 0 Å². The Labute approximate surface area is 106 Å². The molecule has 1 nitrogen and oxygen atoms in total. The van der Waals surface area contributed by atoms with E-state index < -0.39 is 0 Å². The van der Waals surface area contributed by atoms with Crippen molar-refractivity contribution in [3.05, 3.63) is 0 Å². The molecular weight excluding hydrogens is 220 g/mol. The predicted molar refractivity (Wildman–Crippen MR) is 71.9 cm³/mol. The Balaban J connectivity index is 3.22. The number of hydrogen-bond donors (Lipinski definition) is 0. The van der Waals surface area contributed by atoms with Gasteiger partial charge in [0.2, 0.25) is 5.24 Å².